The SMILES string of the molecule is CC(C)CCC[C@@H](C)[C@H]1CC[C@H]2[C@@H]3CC=C4CC(OCCCl)CC[C@]4(C)[C@H]3CC[C@]12C. The van der Waals surface area contributed by atoms with Crippen molar-refractivity contribution in [2.75, 3.05) is 12.5 Å². The van der Waals surface area contributed by atoms with Gasteiger partial charge in [-0.3, -0.25) is 0 Å². The van der Waals surface area contributed by atoms with Crippen LogP contribution in [-0.4, -0.2) is 18.6 Å². The highest BCUT2D eigenvalue weighted by atomic mass is 35.5. The molecule has 0 aliphatic heterocycles. The van der Waals surface area contributed by atoms with Gasteiger partial charge in [0.05, 0.1) is 12.7 Å². The Balaban J connectivity index is 1.45. The second-order valence-electron chi connectivity index (χ2n) is 12.7. The lowest BCUT2D eigenvalue weighted by molar-refractivity contribution is -0.0629. The quantitative estimate of drug-likeness (QED) is 0.266. The molecule has 4 aliphatic carbocycles. The Bertz CT molecular complexity index is 641. The summed E-state index contributed by atoms with van der Waals surface area (Å²) in [5.74, 6) is 6.15. The van der Waals surface area contributed by atoms with Crippen LogP contribution in [0, 0.1) is 46.3 Å². The van der Waals surface area contributed by atoms with Gasteiger partial charge in [0.2, 0.25) is 0 Å². The Morgan fingerprint density at radius 2 is 1.84 bits per heavy atom. The van der Waals surface area contributed by atoms with Crippen molar-refractivity contribution in [3.05, 3.63) is 11.6 Å². The Labute approximate surface area is 198 Å². The average Bonchev–Trinajstić information content (AvgIpc) is 3.09. The van der Waals surface area contributed by atoms with Crippen LogP contribution in [0.3, 0.4) is 0 Å². The van der Waals surface area contributed by atoms with Gasteiger partial charge in [-0.15, -0.1) is 11.6 Å². The summed E-state index contributed by atoms with van der Waals surface area (Å²) in [7, 11) is 0. The highest BCUT2D eigenvalue weighted by Crippen LogP contribution is 2.67. The van der Waals surface area contributed by atoms with Gasteiger partial charge in [0.1, 0.15) is 0 Å². The maximum Gasteiger partial charge on any atom is 0.0613 e. The molecule has 4 aliphatic rings. The topological polar surface area (TPSA) is 9.23 Å². The summed E-state index contributed by atoms with van der Waals surface area (Å²) >= 11 is 5.88. The third kappa shape index (κ3) is 4.53. The fourth-order valence-corrected chi connectivity index (χ4v) is 9.09. The van der Waals surface area contributed by atoms with E-state index in [2.05, 4.69) is 40.7 Å². The normalized spacial score (nSPS) is 43.2. The second kappa shape index (κ2) is 9.69. The van der Waals surface area contributed by atoms with Crippen LogP contribution < -0.4 is 0 Å². The molecule has 0 saturated heterocycles. The van der Waals surface area contributed by atoms with E-state index >= 15 is 0 Å². The molecule has 0 aromatic heterocycles. The molecular weight excluding hydrogens is 400 g/mol. The van der Waals surface area contributed by atoms with Gasteiger partial charge in [0, 0.05) is 5.88 Å². The minimum atomic E-state index is 0.408. The van der Waals surface area contributed by atoms with Gasteiger partial charge in [-0.25, -0.2) is 0 Å². The number of fused-ring (bicyclic) bond motifs is 5. The minimum absolute atomic E-state index is 0.408. The Kier molecular flexibility index (Phi) is 7.54. The van der Waals surface area contributed by atoms with Crippen molar-refractivity contribution in [3.8, 4) is 0 Å². The highest BCUT2D eigenvalue weighted by Gasteiger charge is 2.59. The number of hydrogen-bond donors (Lipinski definition) is 0. The maximum atomic E-state index is 6.06. The predicted octanol–water partition coefficient (Wildman–Crippen LogP) is 8.65. The monoisotopic (exact) mass is 448 g/mol. The molecular formula is C29H49ClO. The summed E-state index contributed by atoms with van der Waals surface area (Å²) in [4.78, 5) is 0. The van der Waals surface area contributed by atoms with Crippen molar-refractivity contribution in [2.45, 2.75) is 111 Å². The number of alkyl halides is 1. The lowest BCUT2D eigenvalue weighted by atomic mass is 9.47. The first-order valence-electron chi connectivity index (χ1n) is 13.7. The van der Waals surface area contributed by atoms with E-state index in [1.165, 1.54) is 64.2 Å². The molecule has 1 unspecified atom stereocenters. The molecule has 0 aromatic carbocycles. The van der Waals surface area contributed by atoms with E-state index in [0.717, 1.165) is 41.9 Å². The van der Waals surface area contributed by atoms with Crippen molar-refractivity contribution >= 4 is 11.6 Å². The Hall–Kier alpha value is -0.0100. The van der Waals surface area contributed by atoms with E-state index < -0.39 is 0 Å². The molecule has 178 valence electrons. The molecule has 8 atom stereocenters. The predicted molar refractivity (Wildman–Crippen MR) is 134 cm³/mol. The van der Waals surface area contributed by atoms with Crippen LogP contribution in [0.5, 0.6) is 0 Å². The summed E-state index contributed by atoms with van der Waals surface area (Å²) < 4.78 is 6.06. The van der Waals surface area contributed by atoms with Crippen LogP contribution in [0.1, 0.15) is 105 Å². The molecule has 0 aromatic rings. The zero-order valence-electron chi connectivity index (χ0n) is 21.1. The Morgan fingerprint density at radius 1 is 1.03 bits per heavy atom. The maximum absolute atomic E-state index is 6.06. The second-order valence-corrected chi connectivity index (χ2v) is 13.1. The molecule has 0 spiro atoms. The van der Waals surface area contributed by atoms with Crippen molar-refractivity contribution in [1.82, 2.24) is 0 Å². The highest BCUT2D eigenvalue weighted by molar-refractivity contribution is 6.17. The Morgan fingerprint density at radius 3 is 2.58 bits per heavy atom. The third-order valence-corrected chi connectivity index (χ3v) is 10.8. The summed E-state index contributed by atoms with van der Waals surface area (Å²) in [6, 6.07) is 0. The summed E-state index contributed by atoms with van der Waals surface area (Å²) in [6.45, 7) is 13.4. The molecule has 3 fully saturated rings. The van der Waals surface area contributed by atoms with E-state index in [0.29, 0.717) is 29.4 Å². The molecule has 3 saturated carbocycles. The molecule has 1 nitrogen and oxygen atoms in total. The van der Waals surface area contributed by atoms with Gasteiger partial charge < -0.3 is 4.74 Å². The fourth-order valence-electron chi connectivity index (χ4n) is 9.01. The van der Waals surface area contributed by atoms with Crippen molar-refractivity contribution in [1.29, 1.82) is 0 Å². The number of ether oxygens (including phenoxy) is 1. The molecule has 0 bridgehead atoms. The number of hydrogen-bond acceptors (Lipinski definition) is 1. The fraction of sp³-hybridized carbons (Fsp3) is 0.931. The van der Waals surface area contributed by atoms with E-state index in [1.54, 1.807) is 5.57 Å². The van der Waals surface area contributed by atoms with Gasteiger partial charge >= 0.3 is 0 Å². The molecule has 0 heterocycles. The number of allylic oxidation sites excluding steroid dienone is 1. The molecule has 0 amide bonds. The third-order valence-electron chi connectivity index (χ3n) is 10.7. The smallest absolute Gasteiger partial charge is 0.0613 e. The van der Waals surface area contributed by atoms with E-state index in [9.17, 15) is 0 Å². The lowest BCUT2D eigenvalue weighted by Crippen LogP contribution is -2.51. The van der Waals surface area contributed by atoms with Crippen LogP contribution in [0.25, 0.3) is 0 Å². The van der Waals surface area contributed by atoms with Crippen LogP contribution in [0.15, 0.2) is 11.6 Å². The largest absolute Gasteiger partial charge is 0.377 e. The summed E-state index contributed by atoms with van der Waals surface area (Å²) in [5.41, 5.74) is 2.77. The van der Waals surface area contributed by atoms with E-state index in [4.69, 9.17) is 16.3 Å². The molecule has 0 N–H and O–H groups in total. The van der Waals surface area contributed by atoms with Crippen molar-refractivity contribution < 1.29 is 4.74 Å². The minimum Gasteiger partial charge on any atom is -0.377 e. The zero-order valence-corrected chi connectivity index (χ0v) is 21.9. The zero-order chi connectivity index (χ0) is 22.2. The van der Waals surface area contributed by atoms with Crippen LogP contribution >= 0.6 is 11.6 Å². The summed E-state index contributed by atoms with van der Waals surface area (Å²) in [5, 5.41) is 0. The van der Waals surface area contributed by atoms with Gasteiger partial charge in [-0.1, -0.05) is 65.5 Å². The van der Waals surface area contributed by atoms with Gasteiger partial charge in [-0.05, 0) is 97.7 Å². The first-order valence-corrected chi connectivity index (χ1v) is 14.2. The van der Waals surface area contributed by atoms with Gasteiger partial charge in [-0.2, -0.15) is 0 Å². The molecule has 31 heavy (non-hydrogen) atoms. The van der Waals surface area contributed by atoms with Crippen LogP contribution in [-0.2, 0) is 4.74 Å². The van der Waals surface area contributed by atoms with Gasteiger partial charge in [0.25, 0.3) is 0 Å². The van der Waals surface area contributed by atoms with Crippen molar-refractivity contribution in [2.24, 2.45) is 46.3 Å². The average molecular weight is 449 g/mol. The van der Waals surface area contributed by atoms with E-state index in [1.807, 2.05) is 0 Å². The number of rotatable bonds is 8. The van der Waals surface area contributed by atoms with Crippen molar-refractivity contribution in [3.63, 3.8) is 0 Å². The standard InChI is InChI=1S/C29H49ClO/c1-20(2)7-6-8-21(3)25-11-12-26-24-10-9-22-19-23(31-18-17-30)13-15-28(22,4)27(24)14-16-29(25,26)5/h9,20-21,23-27H,6-8,10-19H2,1-5H3/t21-,23?,24+,25-,26+,27+,28+,29-/m1/s1. The van der Waals surface area contributed by atoms with Crippen LogP contribution in [0.4, 0.5) is 0 Å². The molecule has 0 radical (unpaired) electrons. The van der Waals surface area contributed by atoms with E-state index in [-0.39, 0.29) is 0 Å². The van der Waals surface area contributed by atoms with Gasteiger partial charge in [0.15, 0.2) is 0 Å². The number of halogens is 1. The van der Waals surface area contributed by atoms with Crippen LogP contribution in [0.2, 0.25) is 0 Å². The first kappa shape index (κ1) is 24.1. The first-order chi connectivity index (χ1) is 14.8. The summed E-state index contributed by atoms with van der Waals surface area (Å²) in [6.07, 6.45) is 18.4. The lowest BCUT2D eigenvalue weighted by Gasteiger charge is -2.58. The molecule has 2 heteroatoms. The molecule has 4 rings (SSSR count).